The van der Waals surface area contributed by atoms with Gasteiger partial charge in [-0.3, -0.25) is 4.79 Å². The van der Waals surface area contributed by atoms with Crippen molar-refractivity contribution in [2.75, 3.05) is 37.4 Å². The summed E-state index contributed by atoms with van der Waals surface area (Å²) in [5.74, 6) is 0.789. The maximum absolute atomic E-state index is 12.5. The first-order chi connectivity index (χ1) is 14.5. The fraction of sp³-hybridized carbons (Fsp3) is 0.292. The number of amides is 1. The van der Waals surface area contributed by atoms with Crippen LogP contribution < -0.4 is 10.2 Å². The van der Waals surface area contributed by atoms with Gasteiger partial charge in [0, 0.05) is 41.9 Å². The normalized spacial score (nSPS) is 16.3. The molecule has 0 bridgehead atoms. The quantitative estimate of drug-likeness (QED) is 0.611. The van der Waals surface area contributed by atoms with Crippen molar-refractivity contribution >= 4 is 28.9 Å². The molecule has 4 rings (SSSR count). The van der Waals surface area contributed by atoms with Crippen molar-refractivity contribution in [3.8, 4) is 0 Å². The molecule has 1 N–H and O–H groups in total. The summed E-state index contributed by atoms with van der Waals surface area (Å²) in [7, 11) is 4.25. The first-order valence-corrected chi connectivity index (χ1v) is 10.5. The molecular formula is C24H26ClN3O2. The van der Waals surface area contributed by atoms with Gasteiger partial charge in [0.05, 0.1) is 0 Å². The van der Waals surface area contributed by atoms with Gasteiger partial charge < -0.3 is 19.5 Å². The molecule has 1 fully saturated rings. The van der Waals surface area contributed by atoms with Gasteiger partial charge in [0.1, 0.15) is 5.76 Å². The van der Waals surface area contributed by atoms with E-state index in [0.717, 1.165) is 30.1 Å². The fourth-order valence-corrected chi connectivity index (χ4v) is 3.87. The van der Waals surface area contributed by atoms with E-state index in [1.54, 1.807) is 6.07 Å². The van der Waals surface area contributed by atoms with Crippen LogP contribution in [0.2, 0.25) is 5.02 Å². The molecule has 1 aromatic heterocycles. The Labute approximate surface area is 182 Å². The van der Waals surface area contributed by atoms with E-state index in [2.05, 4.69) is 41.3 Å². The molecular weight excluding hydrogens is 398 g/mol. The molecule has 2 heterocycles. The van der Waals surface area contributed by atoms with E-state index in [1.165, 1.54) is 12.1 Å². The number of carbonyl (C=O) groups is 1. The Kier molecular flexibility index (Phi) is 6.11. The summed E-state index contributed by atoms with van der Waals surface area (Å²) in [6, 6.07) is 19.7. The van der Waals surface area contributed by atoms with Gasteiger partial charge in [-0.1, -0.05) is 23.7 Å². The van der Waals surface area contributed by atoms with Crippen molar-refractivity contribution in [1.29, 1.82) is 0 Å². The molecule has 2 aromatic carbocycles. The smallest absolute Gasteiger partial charge is 0.291 e. The van der Waals surface area contributed by atoms with Gasteiger partial charge in [-0.15, -0.1) is 0 Å². The molecule has 1 aliphatic heterocycles. The van der Waals surface area contributed by atoms with Gasteiger partial charge in [-0.05, 0) is 74.6 Å². The van der Waals surface area contributed by atoms with Crippen molar-refractivity contribution in [3.05, 3.63) is 82.8 Å². The van der Waals surface area contributed by atoms with Crippen LogP contribution in [0, 0.1) is 0 Å². The van der Waals surface area contributed by atoms with E-state index in [1.807, 2.05) is 42.5 Å². The Morgan fingerprint density at radius 3 is 2.50 bits per heavy atom. The molecule has 0 saturated carbocycles. The lowest BCUT2D eigenvalue weighted by molar-refractivity contribution is 0.0995. The number of nitrogens with one attached hydrogen (secondary N) is 1. The summed E-state index contributed by atoms with van der Waals surface area (Å²) in [5.41, 5.74) is 3.01. The highest BCUT2D eigenvalue weighted by atomic mass is 35.5. The van der Waals surface area contributed by atoms with Gasteiger partial charge in [-0.2, -0.15) is 0 Å². The Morgan fingerprint density at radius 2 is 1.83 bits per heavy atom. The molecule has 156 valence electrons. The maximum Gasteiger partial charge on any atom is 0.291 e. The fourth-order valence-electron chi connectivity index (χ4n) is 3.74. The largest absolute Gasteiger partial charge is 0.456 e. The summed E-state index contributed by atoms with van der Waals surface area (Å²) < 4.78 is 5.73. The Hall–Kier alpha value is -2.76. The number of hydrogen-bond donors (Lipinski definition) is 1. The second-order valence-electron chi connectivity index (χ2n) is 7.92. The van der Waals surface area contributed by atoms with Gasteiger partial charge in [-0.25, -0.2) is 0 Å². The minimum Gasteiger partial charge on any atom is -0.456 e. The monoisotopic (exact) mass is 423 g/mol. The topological polar surface area (TPSA) is 48.7 Å². The molecule has 6 heteroatoms. The van der Waals surface area contributed by atoms with Gasteiger partial charge in [0.2, 0.25) is 0 Å². The number of nitrogens with zero attached hydrogens (tertiary/aromatic N) is 2. The lowest BCUT2D eigenvalue weighted by atomic mass is 10.1. The average molecular weight is 424 g/mol. The lowest BCUT2D eigenvalue weighted by Crippen LogP contribution is -2.31. The van der Waals surface area contributed by atoms with Crippen LogP contribution in [-0.4, -0.2) is 44.0 Å². The average Bonchev–Trinajstić information content (AvgIpc) is 3.40. The summed E-state index contributed by atoms with van der Waals surface area (Å²) in [5, 5.41) is 3.61. The summed E-state index contributed by atoms with van der Waals surface area (Å²) in [6.07, 6.45) is 1.78. The minimum atomic E-state index is -0.251. The number of carbonyl (C=O) groups excluding carboxylic acids is 1. The third-order valence-corrected chi connectivity index (χ3v) is 5.81. The zero-order valence-electron chi connectivity index (χ0n) is 17.3. The molecule has 3 aromatic rings. The second kappa shape index (κ2) is 8.94. The van der Waals surface area contributed by atoms with Gasteiger partial charge in [0.25, 0.3) is 5.91 Å². The first kappa shape index (κ1) is 20.5. The molecule has 1 unspecified atom stereocenters. The zero-order chi connectivity index (χ0) is 21.1. The van der Waals surface area contributed by atoms with Crippen LogP contribution in [0.15, 0.2) is 65.1 Å². The predicted molar refractivity (Wildman–Crippen MR) is 122 cm³/mol. The molecule has 1 aliphatic rings. The standard InChI is InChI=1S/C24H26ClN3O2/c1-27(2)21-13-14-28(16-21)20-9-7-19(8-10-20)26-24(29)23-12-11-22(30-23)15-17-3-5-18(25)6-4-17/h3-12,21H,13-16H2,1-2H3,(H,26,29). The highest BCUT2D eigenvalue weighted by molar-refractivity contribution is 6.30. The summed E-state index contributed by atoms with van der Waals surface area (Å²) in [4.78, 5) is 17.2. The van der Waals surface area contributed by atoms with E-state index in [9.17, 15) is 4.79 Å². The number of anilines is 2. The third kappa shape index (κ3) is 4.86. The SMILES string of the molecule is CN(C)C1CCN(c2ccc(NC(=O)c3ccc(Cc4ccc(Cl)cc4)o3)cc2)C1. The van der Waals surface area contributed by atoms with E-state index < -0.39 is 0 Å². The molecule has 0 aliphatic carbocycles. The van der Waals surface area contributed by atoms with Crippen molar-refractivity contribution in [1.82, 2.24) is 4.90 Å². The van der Waals surface area contributed by atoms with Crippen molar-refractivity contribution in [3.63, 3.8) is 0 Å². The van der Waals surface area contributed by atoms with E-state index in [4.69, 9.17) is 16.0 Å². The Balaban J connectivity index is 1.35. The van der Waals surface area contributed by atoms with Gasteiger partial charge >= 0.3 is 0 Å². The molecule has 30 heavy (non-hydrogen) atoms. The lowest BCUT2D eigenvalue weighted by Gasteiger charge is -2.22. The zero-order valence-corrected chi connectivity index (χ0v) is 18.0. The van der Waals surface area contributed by atoms with Crippen LogP contribution >= 0.6 is 11.6 Å². The number of rotatable bonds is 6. The van der Waals surface area contributed by atoms with Crippen LogP contribution in [0.4, 0.5) is 11.4 Å². The van der Waals surface area contributed by atoms with E-state index in [0.29, 0.717) is 23.2 Å². The number of likely N-dealkylation sites (N-methyl/N-ethyl adjacent to an activating group) is 1. The number of hydrogen-bond acceptors (Lipinski definition) is 4. The van der Waals surface area contributed by atoms with Crippen molar-refractivity contribution < 1.29 is 9.21 Å². The number of furan rings is 1. The maximum atomic E-state index is 12.5. The van der Waals surface area contributed by atoms with Crippen LogP contribution in [-0.2, 0) is 6.42 Å². The highest BCUT2D eigenvalue weighted by Gasteiger charge is 2.24. The van der Waals surface area contributed by atoms with Gasteiger partial charge in [0.15, 0.2) is 5.76 Å². The molecule has 5 nitrogen and oxygen atoms in total. The van der Waals surface area contributed by atoms with Crippen LogP contribution in [0.5, 0.6) is 0 Å². The number of halogens is 1. The van der Waals surface area contributed by atoms with Crippen LogP contribution in [0.3, 0.4) is 0 Å². The van der Waals surface area contributed by atoms with Crippen LogP contribution in [0.1, 0.15) is 28.3 Å². The first-order valence-electron chi connectivity index (χ1n) is 10.1. The molecule has 0 radical (unpaired) electrons. The van der Waals surface area contributed by atoms with Crippen LogP contribution in [0.25, 0.3) is 0 Å². The van der Waals surface area contributed by atoms with Crippen molar-refractivity contribution in [2.24, 2.45) is 0 Å². The predicted octanol–water partition coefficient (Wildman–Crippen LogP) is 4.92. The molecule has 1 saturated heterocycles. The number of benzene rings is 2. The Morgan fingerprint density at radius 1 is 1.10 bits per heavy atom. The molecule has 0 spiro atoms. The third-order valence-electron chi connectivity index (χ3n) is 5.56. The highest BCUT2D eigenvalue weighted by Crippen LogP contribution is 2.24. The van der Waals surface area contributed by atoms with E-state index in [-0.39, 0.29) is 5.91 Å². The summed E-state index contributed by atoms with van der Waals surface area (Å²) >= 11 is 5.92. The minimum absolute atomic E-state index is 0.251. The molecule has 1 amide bonds. The summed E-state index contributed by atoms with van der Waals surface area (Å²) in [6.45, 7) is 2.08. The second-order valence-corrected chi connectivity index (χ2v) is 8.36. The van der Waals surface area contributed by atoms with E-state index >= 15 is 0 Å². The Bertz CT molecular complexity index is 996. The molecule has 1 atom stereocenters. The van der Waals surface area contributed by atoms with Crippen molar-refractivity contribution in [2.45, 2.75) is 18.9 Å².